The smallest absolute Gasteiger partial charge is 0.191 e. The van der Waals surface area contributed by atoms with E-state index in [0.29, 0.717) is 12.0 Å². The molecule has 0 aliphatic carbocycles. The Bertz CT molecular complexity index is 478. The van der Waals surface area contributed by atoms with Crippen molar-refractivity contribution in [3.05, 3.63) is 18.5 Å². The molecule has 2 rings (SSSR count). The van der Waals surface area contributed by atoms with E-state index < -0.39 is 0 Å². The second-order valence-corrected chi connectivity index (χ2v) is 7.21. The minimum Gasteiger partial charge on any atom is -0.377 e. The minimum atomic E-state index is 0.170. The highest BCUT2D eigenvalue weighted by Gasteiger charge is 2.35. The maximum atomic E-state index is 6.04. The predicted molar refractivity (Wildman–Crippen MR) is 93.5 cm³/mol. The predicted octanol–water partition coefficient (Wildman–Crippen LogP) is 1.89. The third-order valence-electron chi connectivity index (χ3n) is 4.25. The maximum absolute atomic E-state index is 6.04. The Balaban J connectivity index is 1.77. The molecule has 2 unspecified atom stereocenters. The van der Waals surface area contributed by atoms with Gasteiger partial charge in [0.25, 0.3) is 0 Å². The molecule has 1 aromatic rings. The SMILES string of the molecule is CN=C(NCCn1cccn1)NCC1CCCOC1C(C)(C)C. The molecule has 1 fully saturated rings. The van der Waals surface area contributed by atoms with E-state index in [1.54, 1.807) is 6.20 Å². The minimum absolute atomic E-state index is 0.170. The first kappa shape index (κ1) is 17.8. The van der Waals surface area contributed by atoms with Crippen LogP contribution in [0.15, 0.2) is 23.5 Å². The Labute approximate surface area is 139 Å². The fourth-order valence-electron chi connectivity index (χ4n) is 3.18. The molecule has 6 nitrogen and oxygen atoms in total. The molecule has 0 spiro atoms. The highest BCUT2D eigenvalue weighted by atomic mass is 16.5. The van der Waals surface area contributed by atoms with Gasteiger partial charge in [0.05, 0.1) is 12.6 Å². The van der Waals surface area contributed by atoms with Crippen LogP contribution in [0.5, 0.6) is 0 Å². The number of ether oxygens (including phenoxy) is 1. The molecular weight excluding hydrogens is 290 g/mol. The van der Waals surface area contributed by atoms with Crippen molar-refractivity contribution in [2.24, 2.45) is 16.3 Å². The molecule has 1 aliphatic heterocycles. The summed E-state index contributed by atoms with van der Waals surface area (Å²) in [5.41, 5.74) is 0.170. The molecule has 2 heterocycles. The molecular formula is C17H31N5O. The molecule has 2 N–H and O–H groups in total. The number of rotatable bonds is 5. The Morgan fingerprint density at radius 1 is 1.39 bits per heavy atom. The van der Waals surface area contributed by atoms with Crippen molar-refractivity contribution in [1.29, 1.82) is 0 Å². The first-order valence-electron chi connectivity index (χ1n) is 8.54. The lowest BCUT2D eigenvalue weighted by Crippen LogP contribution is -2.47. The van der Waals surface area contributed by atoms with E-state index in [1.165, 1.54) is 6.42 Å². The van der Waals surface area contributed by atoms with Crippen molar-refractivity contribution in [3.63, 3.8) is 0 Å². The van der Waals surface area contributed by atoms with Crippen LogP contribution in [0.1, 0.15) is 33.6 Å². The lowest BCUT2D eigenvalue weighted by molar-refractivity contribution is -0.0835. The molecule has 1 aromatic heterocycles. The van der Waals surface area contributed by atoms with E-state index in [2.05, 4.69) is 41.5 Å². The van der Waals surface area contributed by atoms with E-state index in [9.17, 15) is 0 Å². The molecule has 2 atom stereocenters. The van der Waals surface area contributed by atoms with Gasteiger partial charge in [0.1, 0.15) is 0 Å². The summed E-state index contributed by atoms with van der Waals surface area (Å²) in [7, 11) is 1.81. The van der Waals surface area contributed by atoms with E-state index in [-0.39, 0.29) is 5.41 Å². The summed E-state index contributed by atoms with van der Waals surface area (Å²) in [4.78, 5) is 4.30. The van der Waals surface area contributed by atoms with Crippen LogP contribution < -0.4 is 10.6 Å². The number of guanidine groups is 1. The van der Waals surface area contributed by atoms with E-state index >= 15 is 0 Å². The standard InChI is InChI=1S/C17H31N5O/c1-17(2,3)15-14(7-5-12-23-15)13-20-16(18-4)19-9-11-22-10-6-8-21-22/h6,8,10,14-15H,5,7,9,11-13H2,1-4H3,(H2,18,19,20). The van der Waals surface area contributed by atoms with Gasteiger partial charge >= 0.3 is 0 Å². The molecule has 1 saturated heterocycles. The van der Waals surface area contributed by atoms with Crippen LogP contribution in [0, 0.1) is 11.3 Å². The summed E-state index contributed by atoms with van der Waals surface area (Å²) in [6, 6.07) is 1.93. The molecule has 0 radical (unpaired) electrons. The van der Waals surface area contributed by atoms with Gasteiger partial charge in [-0.25, -0.2) is 0 Å². The molecule has 23 heavy (non-hydrogen) atoms. The third-order valence-corrected chi connectivity index (χ3v) is 4.25. The Hall–Kier alpha value is -1.56. The van der Waals surface area contributed by atoms with Gasteiger partial charge in [0.15, 0.2) is 5.96 Å². The summed E-state index contributed by atoms with van der Waals surface area (Å²) in [5, 5.41) is 11.0. The first-order chi connectivity index (χ1) is 11.0. The van der Waals surface area contributed by atoms with Crippen molar-refractivity contribution in [2.75, 3.05) is 26.7 Å². The van der Waals surface area contributed by atoms with E-state index in [0.717, 1.165) is 38.6 Å². The second kappa shape index (κ2) is 8.34. The van der Waals surface area contributed by atoms with Gasteiger partial charge in [0.2, 0.25) is 0 Å². The Morgan fingerprint density at radius 2 is 2.22 bits per heavy atom. The van der Waals surface area contributed by atoms with Crippen molar-refractivity contribution < 1.29 is 4.74 Å². The highest BCUT2D eigenvalue weighted by Crippen LogP contribution is 2.33. The second-order valence-electron chi connectivity index (χ2n) is 7.21. The highest BCUT2D eigenvalue weighted by molar-refractivity contribution is 5.79. The summed E-state index contributed by atoms with van der Waals surface area (Å²) in [6.07, 6.45) is 6.41. The van der Waals surface area contributed by atoms with Gasteiger partial charge in [-0.2, -0.15) is 5.10 Å². The normalized spacial score (nSPS) is 22.9. The Morgan fingerprint density at radius 3 is 2.87 bits per heavy atom. The van der Waals surface area contributed by atoms with Crippen molar-refractivity contribution in [1.82, 2.24) is 20.4 Å². The summed E-state index contributed by atoms with van der Waals surface area (Å²) in [5.74, 6) is 1.36. The maximum Gasteiger partial charge on any atom is 0.191 e. The van der Waals surface area contributed by atoms with Gasteiger partial charge in [0, 0.05) is 45.1 Å². The third kappa shape index (κ3) is 5.53. The lowest BCUT2D eigenvalue weighted by atomic mass is 9.78. The number of aromatic nitrogens is 2. The van der Waals surface area contributed by atoms with Crippen LogP contribution in [0.4, 0.5) is 0 Å². The lowest BCUT2D eigenvalue weighted by Gasteiger charge is -2.40. The molecule has 6 heteroatoms. The Kier molecular flexibility index (Phi) is 6.45. The largest absolute Gasteiger partial charge is 0.377 e. The quantitative estimate of drug-likeness (QED) is 0.642. The van der Waals surface area contributed by atoms with Crippen molar-refractivity contribution in [2.45, 2.75) is 46.3 Å². The molecule has 0 amide bonds. The van der Waals surface area contributed by atoms with E-state index in [1.807, 2.05) is 24.0 Å². The van der Waals surface area contributed by atoms with Crippen LogP contribution in [0.3, 0.4) is 0 Å². The van der Waals surface area contributed by atoms with Crippen LogP contribution in [0.25, 0.3) is 0 Å². The number of nitrogens with zero attached hydrogens (tertiary/aromatic N) is 3. The number of aliphatic imine (C=N–C) groups is 1. The van der Waals surface area contributed by atoms with E-state index in [4.69, 9.17) is 4.74 Å². The van der Waals surface area contributed by atoms with Crippen LogP contribution >= 0.6 is 0 Å². The number of hydrogen-bond donors (Lipinski definition) is 2. The van der Waals surface area contributed by atoms with Gasteiger partial charge in [-0.1, -0.05) is 20.8 Å². The molecule has 0 bridgehead atoms. The average molecular weight is 321 g/mol. The zero-order valence-corrected chi connectivity index (χ0v) is 14.9. The summed E-state index contributed by atoms with van der Waals surface area (Å²) < 4.78 is 7.95. The molecule has 1 aliphatic rings. The van der Waals surface area contributed by atoms with Gasteiger partial charge in [-0.15, -0.1) is 0 Å². The fourth-order valence-corrected chi connectivity index (χ4v) is 3.18. The summed E-state index contributed by atoms with van der Waals surface area (Å²) >= 11 is 0. The van der Waals surface area contributed by atoms with Crippen LogP contribution in [0.2, 0.25) is 0 Å². The molecule has 0 saturated carbocycles. The first-order valence-corrected chi connectivity index (χ1v) is 8.54. The zero-order chi connectivity index (χ0) is 16.7. The number of hydrogen-bond acceptors (Lipinski definition) is 3. The van der Waals surface area contributed by atoms with Crippen LogP contribution in [-0.4, -0.2) is 48.6 Å². The topological polar surface area (TPSA) is 63.5 Å². The fraction of sp³-hybridized carbons (Fsp3) is 0.765. The average Bonchev–Trinajstić information content (AvgIpc) is 3.03. The monoisotopic (exact) mass is 321 g/mol. The summed E-state index contributed by atoms with van der Waals surface area (Å²) in [6.45, 7) is 10.2. The number of nitrogens with one attached hydrogen (secondary N) is 2. The molecule has 0 aromatic carbocycles. The van der Waals surface area contributed by atoms with Crippen LogP contribution in [-0.2, 0) is 11.3 Å². The molecule has 130 valence electrons. The van der Waals surface area contributed by atoms with Crippen molar-refractivity contribution >= 4 is 5.96 Å². The zero-order valence-electron chi connectivity index (χ0n) is 14.9. The van der Waals surface area contributed by atoms with Gasteiger partial charge in [-0.3, -0.25) is 9.67 Å². The van der Waals surface area contributed by atoms with Gasteiger partial charge < -0.3 is 15.4 Å². The van der Waals surface area contributed by atoms with Crippen molar-refractivity contribution in [3.8, 4) is 0 Å². The van der Waals surface area contributed by atoms with Gasteiger partial charge in [-0.05, 0) is 24.3 Å².